The van der Waals surface area contributed by atoms with Gasteiger partial charge in [0.05, 0.1) is 0 Å². The van der Waals surface area contributed by atoms with Crippen LogP contribution in [0.5, 0.6) is 0 Å². The molecule has 0 aliphatic carbocycles. The summed E-state index contributed by atoms with van der Waals surface area (Å²) in [6, 6.07) is 10.4. The summed E-state index contributed by atoms with van der Waals surface area (Å²) < 4.78 is 3.38. The van der Waals surface area contributed by atoms with E-state index in [-0.39, 0.29) is 16.9 Å². The number of carbonyl (C=O) groups excluding carboxylic acids is 1. The van der Waals surface area contributed by atoms with Crippen molar-refractivity contribution < 1.29 is 4.79 Å². The fourth-order valence-corrected chi connectivity index (χ4v) is 4.68. The Bertz CT molecular complexity index is 1240. The molecular formula is C26H30ClN3O3S. The third-order valence-electron chi connectivity index (χ3n) is 5.63. The van der Waals surface area contributed by atoms with Gasteiger partial charge in [0.25, 0.3) is 11.1 Å². The minimum atomic E-state index is -0.244. The average molecular weight is 500 g/mol. The van der Waals surface area contributed by atoms with Crippen LogP contribution in [0.3, 0.4) is 0 Å². The molecular weight excluding hydrogens is 470 g/mol. The van der Waals surface area contributed by atoms with Crippen molar-refractivity contribution >= 4 is 29.1 Å². The Morgan fingerprint density at radius 3 is 2.41 bits per heavy atom. The van der Waals surface area contributed by atoms with E-state index in [1.807, 2.05) is 23.9 Å². The van der Waals surface area contributed by atoms with E-state index in [2.05, 4.69) is 4.98 Å². The molecule has 0 bridgehead atoms. The summed E-state index contributed by atoms with van der Waals surface area (Å²) in [5.74, 6) is 1.05. The van der Waals surface area contributed by atoms with E-state index >= 15 is 0 Å². The second kappa shape index (κ2) is 12.7. The van der Waals surface area contributed by atoms with E-state index in [1.165, 1.54) is 4.57 Å². The predicted molar refractivity (Wildman–Crippen MR) is 138 cm³/mol. The molecule has 0 saturated heterocycles. The maximum Gasteiger partial charge on any atom is 0.277 e. The average Bonchev–Trinajstić information content (AvgIpc) is 2.81. The van der Waals surface area contributed by atoms with Crippen LogP contribution < -0.4 is 11.1 Å². The van der Waals surface area contributed by atoms with Crippen LogP contribution >= 0.6 is 23.4 Å². The summed E-state index contributed by atoms with van der Waals surface area (Å²) in [5, 5.41) is 1.34. The van der Waals surface area contributed by atoms with Gasteiger partial charge in [0, 0.05) is 67.3 Å². The number of nitrogens with zero attached hydrogens (tertiary/aromatic N) is 3. The lowest BCUT2D eigenvalue weighted by molar-refractivity contribution is 0.0979. The third-order valence-corrected chi connectivity index (χ3v) is 7.01. The molecule has 8 heteroatoms. The third kappa shape index (κ3) is 7.71. The van der Waals surface area contributed by atoms with Crippen molar-refractivity contribution in [3.05, 3.63) is 91.2 Å². The zero-order valence-electron chi connectivity index (χ0n) is 19.6. The van der Waals surface area contributed by atoms with Gasteiger partial charge in [-0.25, -0.2) is 0 Å². The minimum Gasteiger partial charge on any atom is -0.330 e. The van der Waals surface area contributed by atoms with Crippen LogP contribution in [0.15, 0.2) is 63.5 Å². The summed E-state index contributed by atoms with van der Waals surface area (Å²) in [7, 11) is 3.59. The number of hydrogen-bond acceptors (Lipinski definition) is 5. The first-order valence-electron chi connectivity index (χ1n) is 11.5. The highest BCUT2D eigenvalue weighted by Crippen LogP contribution is 2.18. The SMILES string of the molecule is Cn1cc(Cc2ccn(C)c(=O)c2)c(=O)nc1SCCCCCCCC(=O)c1ccc(Cl)cc1. The van der Waals surface area contributed by atoms with E-state index in [1.54, 1.807) is 55.3 Å². The number of aryl methyl sites for hydroxylation is 2. The molecule has 3 rings (SSSR count). The Balaban J connectivity index is 1.37. The van der Waals surface area contributed by atoms with Gasteiger partial charge in [-0.3, -0.25) is 14.4 Å². The van der Waals surface area contributed by atoms with E-state index in [4.69, 9.17) is 11.6 Å². The normalized spacial score (nSPS) is 11.0. The molecule has 3 aromatic rings. The number of benzene rings is 1. The lowest BCUT2D eigenvalue weighted by Gasteiger charge is -2.09. The summed E-state index contributed by atoms with van der Waals surface area (Å²) in [6.45, 7) is 0. The quantitative estimate of drug-likeness (QED) is 0.151. The zero-order valence-corrected chi connectivity index (χ0v) is 21.2. The number of ketones is 1. The second-order valence-corrected chi connectivity index (χ2v) is 9.92. The Morgan fingerprint density at radius 1 is 0.971 bits per heavy atom. The monoisotopic (exact) mass is 499 g/mol. The summed E-state index contributed by atoms with van der Waals surface area (Å²) >= 11 is 7.44. The molecule has 0 N–H and O–H groups in total. The summed E-state index contributed by atoms with van der Waals surface area (Å²) in [5.41, 5.74) is 1.76. The molecule has 0 aliphatic heterocycles. The van der Waals surface area contributed by atoms with Crippen molar-refractivity contribution in [3.8, 4) is 0 Å². The number of aromatic nitrogens is 3. The van der Waals surface area contributed by atoms with Crippen molar-refractivity contribution in [3.63, 3.8) is 0 Å². The van der Waals surface area contributed by atoms with E-state index in [0.717, 1.165) is 49.0 Å². The smallest absolute Gasteiger partial charge is 0.277 e. The molecule has 0 saturated carbocycles. The van der Waals surface area contributed by atoms with Crippen LogP contribution in [-0.4, -0.2) is 25.7 Å². The largest absolute Gasteiger partial charge is 0.330 e. The summed E-state index contributed by atoms with van der Waals surface area (Å²) in [6.07, 6.45) is 9.57. The van der Waals surface area contributed by atoms with Crippen LogP contribution in [0.4, 0.5) is 0 Å². The number of rotatable bonds is 12. The topological polar surface area (TPSA) is 74.0 Å². The van der Waals surface area contributed by atoms with Crippen LogP contribution in [0.25, 0.3) is 0 Å². The highest BCUT2D eigenvalue weighted by Gasteiger charge is 2.09. The van der Waals surface area contributed by atoms with E-state index in [9.17, 15) is 14.4 Å². The molecule has 2 aromatic heterocycles. The first-order valence-corrected chi connectivity index (χ1v) is 12.8. The first-order chi connectivity index (χ1) is 16.3. The highest BCUT2D eigenvalue weighted by atomic mass is 35.5. The van der Waals surface area contributed by atoms with Gasteiger partial charge in [-0.1, -0.05) is 42.6 Å². The molecule has 2 heterocycles. The van der Waals surface area contributed by atoms with Crippen molar-refractivity contribution in [2.45, 2.75) is 50.1 Å². The van der Waals surface area contributed by atoms with Gasteiger partial charge in [-0.05, 0) is 48.7 Å². The maximum absolute atomic E-state index is 12.5. The van der Waals surface area contributed by atoms with Gasteiger partial charge in [-0.15, -0.1) is 0 Å². The lowest BCUT2D eigenvalue weighted by atomic mass is 10.0. The van der Waals surface area contributed by atoms with Gasteiger partial charge in [0.15, 0.2) is 10.9 Å². The molecule has 0 spiro atoms. The molecule has 0 atom stereocenters. The molecule has 0 aliphatic rings. The number of pyridine rings is 1. The second-order valence-electron chi connectivity index (χ2n) is 8.42. The van der Waals surface area contributed by atoms with Gasteiger partial charge in [-0.2, -0.15) is 4.98 Å². The highest BCUT2D eigenvalue weighted by molar-refractivity contribution is 7.99. The molecule has 0 unspecified atom stereocenters. The fourth-order valence-electron chi connectivity index (χ4n) is 3.62. The number of Topliss-reactive ketones (excluding diaryl/α,β-unsaturated/α-hetero) is 1. The van der Waals surface area contributed by atoms with Gasteiger partial charge < -0.3 is 9.13 Å². The van der Waals surface area contributed by atoms with Crippen LogP contribution in [0, 0.1) is 0 Å². The van der Waals surface area contributed by atoms with Crippen molar-refractivity contribution in [1.82, 2.24) is 14.1 Å². The van der Waals surface area contributed by atoms with Crippen LogP contribution in [-0.2, 0) is 20.5 Å². The van der Waals surface area contributed by atoms with Crippen molar-refractivity contribution in [2.75, 3.05) is 5.75 Å². The molecule has 34 heavy (non-hydrogen) atoms. The lowest BCUT2D eigenvalue weighted by Crippen LogP contribution is -2.20. The molecule has 0 amide bonds. The van der Waals surface area contributed by atoms with E-state index < -0.39 is 0 Å². The summed E-state index contributed by atoms with van der Waals surface area (Å²) in [4.78, 5) is 40.7. The van der Waals surface area contributed by atoms with E-state index in [0.29, 0.717) is 28.6 Å². The predicted octanol–water partition coefficient (Wildman–Crippen LogP) is 5.04. The maximum atomic E-state index is 12.5. The number of unbranched alkanes of at least 4 members (excludes halogenated alkanes) is 4. The fraction of sp³-hybridized carbons (Fsp3) is 0.385. The Labute approximate surface area is 209 Å². The van der Waals surface area contributed by atoms with Crippen molar-refractivity contribution in [1.29, 1.82) is 0 Å². The standard InChI is InChI=1S/C26H30ClN3O3S/c1-29-14-13-19(17-24(29)32)16-21-18-30(2)26(28-25(21)33)34-15-7-5-3-4-6-8-23(31)20-9-11-22(27)12-10-20/h9-14,17-18H,3-8,15-16H2,1-2H3. The van der Waals surface area contributed by atoms with Gasteiger partial charge in [0.1, 0.15) is 0 Å². The number of carbonyl (C=O) groups is 1. The molecule has 0 fully saturated rings. The van der Waals surface area contributed by atoms with Gasteiger partial charge >= 0.3 is 0 Å². The number of halogens is 1. The molecule has 6 nitrogen and oxygen atoms in total. The zero-order chi connectivity index (χ0) is 24.5. The Hall–Kier alpha value is -2.64. The number of thioether (sulfide) groups is 1. The number of hydrogen-bond donors (Lipinski definition) is 0. The minimum absolute atomic E-state index is 0.0948. The molecule has 0 radical (unpaired) electrons. The Morgan fingerprint density at radius 2 is 1.68 bits per heavy atom. The molecule has 1 aromatic carbocycles. The molecule has 180 valence electrons. The van der Waals surface area contributed by atoms with Crippen molar-refractivity contribution in [2.24, 2.45) is 14.1 Å². The van der Waals surface area contributed by atoms with Crippen LogP contribution in [0.1, 0.15) is 60.0 Å². The first kappa shape index (κ1) is 26.0. The Kier molecular flexibility index (Phi) is 9.72. The van der Waals surface area contributed by atoms with Crippen LogP contribution in [0.2, 0.25) is 5.02 Å². The van der Waals surface area contributed by atoms with Gasteiger partial charge in [0.2, 0.25) is 0 Å².